The topological polar surface area (TPSA) is 67.6 Å². The van der Waals surface area contributed by atoms with Crippen LogP contribution in [0.25, 0.3) is 16.9 Å². The van der Waals surface area contributed by atoms with Crippen LogP contribution >= 0.6 is 0 Å². The third-order valence-electron chi connectivity index (χ3n) is 4.75. The number of nitrogens with zero attached hydrogens (tertiary/aromatic N) is 3. The molecular formula is C23H27N3O3. The molecule has 0 aliphatic carbocycles. The number of aliphatic carboxylic acids is 1. The van der Waals surface area contributed by atoms with Crippen LogP contribution in [-0.4, -0.2) is 44.9 Å². The molecule has 1 heterocycles. The average Bonchev–Trinajstić information content (AvgIpc) is 3.11. The van der Waals surface area contributed by atoms with Gasteiger partial charge in [0.15, 0.2) is 0 Å². The molecule has 1 aromatic heterocycles. The van der Waals surface area contributed by atoms with E-state index in [2.05, 4.69) is 0 Å². The zero-order chi connectivity index (χ0) is 21.0. The molecule has 0 fully saturated rings. The van der Waals surface area contributed by atoms with Crippen molar-refractivity contribution in [2.45, 2.75) is 39.5 Å². The summed E-state index contributed by atoms with van der Waals surface area (Å²) in [5.41, 5.74) is 3.70. The second kappa shape index (κ2) is 8.92. The largest absolute Gasteiger partial charge is 0.491 e. The third kappa shape index (κ3) is 5.03. The Balaban J connectivity index is 1.97. The maximum Gasteiger partial charge on any atom is 0.320 e. The van der Waals surface area contributed by atoms with Crippen LogP contribution in [0.3, 0.4) is 0 Å². The lowest BCUT2D eigenvalue weighted by Crippen LogP contribution is -2.35. The van der Waals surface area contributed by atoms with Crippen molar-refractivity contribution in [1.82, 2.24) is 14.7 Å². The van der Waals surface area contributed by atoms with Gasteiger partial charge in [0, 0.05) is 23.9 Å². The standard InChI is InChI=1S/C23H27N3O3/c1-16(2)29-21-12-10-18(11-13-21)22-19(14-25(4)17(3)23(27)28)15-26(24-22)20-8-6-5-7-9-20/h5-13,15-17H,14H2,1-4H3,(H,27,28). The highest BCUT2D eigenvalue weighted by atomic mass is 16.5. The molecule has 0 saturated heterocycles. The molecule has 1 N–H and O–H groups in total. The van der Waals surface area contributed by atoms with Crippen LogP contribution in [0, 0.1) is 0 Å². The van der Waals surface area contributed by atoms with E-state index in [0.717, 1.165) is 28.3 Å². The van der Waals surface area contributed by atoms with Crippen molar-refractivity contribution in [2.24, 2.45) is 0 Å². The SMILES string of the molecule is CC(C)Oc1ccc(-c2nn(-c3ccccc3)cc2CN(C)C(C)C(=O)O)cc1. The first-order valence-electron chi connectivity index (χ1n) is 9.69. The van der Waals surface area contributed by atoms with Gasteiger partial charge in [-0.15, -0.1) is 0 Å². The van der Waals surface area contributed by atoms with E-state index < -0.39 is 12.0 Å². The maximum absolute atomic E-state index is 11.4. The summed E-state index contributed by atoms with van der Waals surface area (Å²) in [6.45, 7) is 6.14. The fourth-order valence-corrected chi connectivity index (χ4v) is 3.04. The van der Waals surface area contributed by atoms with Gasteiger partial charge in [0.2, 0.25) is 0 Å². The monoisotopic (exact) mass is 393 g/mol. The van der Waals surface area contributed by atoms with Gasteiger partial charge in [-0.05, 0) is 64.2 Å². The summed E-state index contributed by atoms with van der Waals surface area (Å²) in [5.74, 6) is -0.0379. The molecule has 0 saturated carbocycles. The first-order chi connectivity index (χ1) is 13.8. The molecule has 2 aromatic carbocycles. The van der Waals surface area contributed by atoms with Gasteiger partial charge in [-0.1, -0.05) is 18.2 Å². The van der Waals surface area contributed by atoms with Gasteiger partial charge < -0.3 is 9.84 Å². The van der Waals surface area contributed by atoms with Crippen LogP contribution in [0.1, 0.15) is 26.3 Å². The van der Waals surface area contributed by atoms with Gasteiger partial charge in [0.25, 0.3) is 0 Å². The van der Waals surface area contributed by atoms with Crippen molar-refractivity contribution in [3.05, 3.63) is 66.4 Å². The summed E-state index contributed by atoms with van der Waals surface area (Å²) in [6.07, 6.45) is 2.08. The zero-order valence-electron chi connectivity index (χ0n) is 17.2. The minimum absolute atomic E-state index is 0.111. The Labute approximate surface area is 171 Å². The van der Waals surface area contributed by atoms with Gasteiger partial charge in [0.1, 0.15) is 11.8 Å². The van der Waals surface area contributed by atoms with Crippen molar-refractivity contribution in [3.63, 3.8) is 0 Å². The molecule has 0 radical (unpaired) electrons. The normalized spacial score (nSPS) is 12.3. The second-order valence-electron chi connectivity index (χ2n) is 7.40. The summed E-state index contributed by atoms with van der Waals surface area (Å²) >= 11 is 0. The Bertz CT molecular complexity index is 949. The van der Waals surface area contributed by atoms with Crippen LogP contribution in [0.15, 0.2) is 60.8 Å². The number of hydrogen-bond donors (Lipinski definition) is 1. The second-order valence-corrected chi connectivity index (χ2v) is 7.40. The summed E-state index contributed by atoms with van der Waals surface area (Å²) in [4.78, 5) is 13.2. The van der Waals surface area contributed by atoms with Crippen molar-refractivity contribution in [2.75, 3.05) is 7.05 Å². The predicted molar refractivity (Wildman–Crippen MR) is 113 cm³/mol. The molecule has 0 spiro atoms. The number of hydrogen-bond acceptors (Lipinski definition) is 4. The van der Waals surface area contributed by atoms with Crippen LogP contribution in [-0.2, 0) is 11.3 Å². The van der Waals surface area contributed by atoms with Crippen LogP contribution in [0.2, 0.25) is 0 Å². The number of carboxylic acids is 1. The van der Waals surface area contributed by atoms with Crippen molar-refractivity contribution in [3.8, 4) is 22.7 Å². The van der Waals surface area contributed by atoms with E-state index in [-0.39, 0.29) is 6.10 Å². The van der Waals surface area contributed by atoms with Gasteiger partial charge >= 0.3 is 5.97 Å². The van der Waals surface area contributed by atoms with E-state index >= 15 is 0 Å². The minimum atomic E-state index is -0.848. The van der Waals surface area contributed by atoms with E-state index in [1.807, 2.05) is 86.4 Å². The fraction of sp³-hybridized carbons (Fsp3) is 0.304. The highest BCUT2D eigenvalue weighted by molar-refractivity contribution is 5.73. The molecule has 152 valence electrons. The summed E-state index contributed by atoms with van der Waals surface area (Å²) in [6, 6.07) is 17.1. The van der Waals surface area contributed by atoms with E-state index in [0.29, 0.717) is 6.54 Å². The fourth-order valence-electron chi connectivity index (χ4n) is 3.04. The number of rotatable bonds is 8. The summed E-state index contributed by atoms with van der Waals surface area (Å²) in [7, 11) is 1.81. The Kier molecular flexibility index (Phi) is 6.34. The number of carbonyl (C=O) groups is 1. The van der Waals surface area contributed by atoms with Crippen molar-refractivity contribution in [1.29, 1.82) is 0 Å². The molecule has 0 bridgehead atoms. The lowest BCUT2D eigenvalue weighted by Gasteiger charge is -2.20. The van der Waals surface area contributed by atoms with Crippen LogP contribution < -0.4 is 4.74 Å². The molecule has 1 unspecified atom stereocenters. The Morgan fingerprint density at radius 2 is 1.76 bits per heavy atom. The first kappa shape index (κ1) is 20.6. The number of carboxylic acid groups (broad SMARTS) is 1. The molecule has 6 nitrogen and oxygen atoms in total. The number of likely N-dealkylation sites (N-methyl/N-ethyl adjacent to an activating group) is 1. The number of aromatic nitrogens is 2. The highest BCUT2D eigenvalue weighted by Crippen LogP contribution is 2.27. The summed E-state index contributed by atoms with van der Waals surface area (Å²) in [5, 5.41) is 14.1. The Morgan fingerprint density at radius 1 is 1.10 bits per heavy atom. The van der Waals surface area contributed by atoms with Gasteiger partial charge in [0.05, 0.1) is 17.5 Å². The quantitative estimate of drug-likeness (QED) is 0.620. The number of benzene rings is 2. The van der Waals surface area contributed by atoms with Crippen molar-refractivity contribution >= 4 is 5.97 Å². The molecular weight excluding hydrogens is 366 g/mol. The molecule has 1 atom stereocenters. The van der Waals surface area contributed by atoms with Gasteiger partial charge in [-0.3, -0.25) is 9.69 Å². The number of para-hydroxylation sites is 1. The molecule has 29 heavy (non-hydrogen) atoms. The lowest BCUT2D eigenvalue weighted by molar-refractivity contribution is -0.142. The van der Waals surface area contributed by atoms with E-state index in [1.54, 1.807) is 11.8 Å². The maximum atomic E-state index is 11.4. The van der Waals surface area contributed by atoms with Crippen molar-refractivity contribution < 1.29 is 14.6 Å². The Morgan fingerprint density at radius 3 is 2.34 bits per heavy atom. The average molecular weight is 393 g/mol. The van der Waals surface area contributed by atoms with E-state index in [9.17, 15) is 9.90 Å². The van der Waals surface area contributed by atoms with E-state index in [1.165, 1.54) is 0 Å². The lowest BCUT2D eigenvalue weighted by atomic mass is 10.1. The molecule has 0 aliphatic rings. The smallest absolute Gasteiger partial charge is 0.320 e. The third-order valence-corrected chi connectivity index (χ3v) is 4.75. The molecule has 0 aliphatic heterocycles. The molecule has 0 amide bonds. The number of ether oxygens (including phenoxy) is 1. The summed E-state index contributed by atoms with van der Waals surface area (Å²) < 4.78 is 7.57. The first-order valence-corrected chi connectivity index (χ1v) is 9.69. The molecule has 3 aromatic rings. The highest BCUT2D eigenvalue weighted by Gasteiger charge is 2.20. The molecule has 3 rings (SSSR count). The predicted octanol–water partition coefficient (Wildman–Crippen LogP) is 4.23. The van der Waals surface area contributed by atoms with Gasteiger partial charge in [-0.25, -0.2) is 4.68 Å². The Hall–Kier alpha value is -3.12. The zero-order valence-corrected chi connectivity index (χ0v) is 17.2. The van der Waals surface area contributed by atoms with Gasteiger partial charge in [-0.2, -0.15) is 5.10 Å². The minimum Gasteiger partial charge on any atom is -0.491 e. The van der Waals surface area contributed by atoms with Crippen LogP contribution in [0.4, 0.5) is 0 Å². The molecule has 6 heteroatoms. The van der Waals surface area contributed by atoms with Crippen LogP contribution in [0.5, 0.6) is 5.75 Å². The van der Waals surface area contributed by atoms with E-state index in [4.69, 9.17) is 9.84 Å².